The highest BCUT2D eigenvalue weighted by Crippen LogP contribution is 2.32. The molecule has 1 atom stereocenters. The van der Waals surface area contributed by atoms with Crippen molar-refractivity contribution in [3.63, 3.8) is 0 Å². The highest BCUT2D eigenvalue weighted by Gasteiger charge is 2.39. The molecule has 220 valence electrons. The molecular weight excluding hydrogens is 576 g/mol. The average Bonchev–Trinajstić information content (AvgIpc) is 3.79. The Balaban J connectivity index is 1.27. The van der Waals surface area contributed by atoms with Crippen LogP contribution in [0.5, 0.6) is 5.75 Å². The third-order valence-corrected chi connectivity index (χ3v) is 7.97. The van der Waals surface area contributed by atoms with E-state index in [2.05, 4.69) is 15.5 Å². The second kappa shape index (κ2) is 13.3. The molecule has 44 heavy (non-hydrogen) atoms. The molecule has 1 N–H and O–H groups in total. The number of methoxy groups -OCH3 is 1. The van der Waals surface area contributed by atoms with Crippen molar-refractivity contribution in [2.24, 2.45) is 10.2 Å². The van der Waals surface area contributed by atoms with E-state index in [1.807, 2.05) is 79.0 Å². The number of nitrogens with one attached hydrogen (secondary N) is 1. The Morgan fingerprint density at radius 3 is 2.48 bits per heavy atom. The van der Waals surface area contributed by atoms with Crippen LogP contribution in [0.2, 0.25) is 0 Å². The van der Waals surface area contributed by atoms with Gasteiger partial charge in [0, 0.05) is 29.4 Å². The van der Waals surface area contributed by atoms with Gasteiger partial charge < -0.3 is 14.5 Å². The van der Waals surface area contributed by atoms with Crippen molar-refractivity contribution in [2.75, 3.05) is 12.4 Å². The number of nitrogens with zero attached hydrogens (tertiary/aromatic N) is 5. The van der Waals surface area contributed by atoms with E-state index in [9.17, 15) is 9.59 Å². The lowest BCUT2D eigenvalue weighted by Gasteiger charge is -2.14. The fourth-order valence-corrected chi connectivity index (χ4v) is 5.72. The zero-order chi connectivity index (χ0) is 30.3. The summed E-state index contributed by atoms with van der Waals surface area (Å²) in [5.74, 6) is 0.835. The van der Waals surface area contributed by atoms with E-state index in [1.54, 1.807) is 48.5 Å². The Morgan fingerprint density at radius 2 is 1.77 bits per heavy atom. The van der Waals surface area contributed by atoms with Gasteiger partial charge in [-0.3, -0.25) is 14.5 Å². The normalized spacial score (nSPS) is 15.8. The predicted octanol–water partition coefficient (Wildman–Crippen LogP) is 6.00. The summed E-state index contributed by atoms with van der Waals surface area (Å²) in [5.41, 5.74) is 3.88. The highest BCUT2D eigenvalue weighted by molar-refractivity contribution is 8.15. The maximum Gasteiger partial charge on any atom is 0.243 e. The van der Waals surface area contributed by atoms with Crippen LogP contribution in [-0.2, 0) is 16.1 Å². The number of rotatable bonds is 10. The third-order valence-electron chi connectivity index (χ3n) is 6.81. The van der Waals surface area contributed by atoms with E-state index in [-0.39, 0.29) is 24.8 Å². The van der Waals surface area contributed by atoms with Crippen LogP contribution in [0.4, 0.5) is 5.69 Å². The Kier molecular flexibility index (Phi) is 8.65. The molecule has 0 bridgehead atoms. The smallest absolute Gasteiger partial charge is 0.243 e. The number of ether oxygens (including phenoxy) is 1. The van der Waals surface area contributed by atoms with Crippen LogP contribution in [0.15, 0.2) is 124 Å². The van der Waals surface area contributed by atoms with Crippen LogP contribution in [0.1, 0.15) is 17.7 Å². The summed E-state index contributed by atoms with van der Waals surface area (Å²) in [5, 5.41) is 16.2. The van der Waals surface area contributed by atoms with Crippen molar-refractivity contribution in [1.82, 2.24) is 14.7 Å². The molecule has 1 fully saturated rings. The second-order valence-corrected chi connectivity index (χ2v) is 11.0. The van der Waals surface area contributed by atoms with Crippen molar-refractivity contribution in [2.45, 2.75) is 18.2 Å². The lowest BCUT2D eigenvalue weighted by molar-refractivity contribution is -0.128. The molecule has 0 spiro atoms. The summed E-state index contributed by atoms with van der Waals surface area (Å²) in [6, 6.07) is 30.1. The number of benzene rings is 3. The molecule has 2 amide bonds. The van der Waals surface area contributed by atoms with E-state index >= 15 is 0 Å². The third kappa shape index (κ3) is 6.63. The fraction of sp³-hybridized carbons (Fsp3) is 0.121. The molecule has 2 aromatic heterocycles. The number of para-hydroxylation sites is 2. The van der Waals surface area contributed by atoms with Crippen molar-refractivity contribution < 1.29 is 18.7 Å². The number of furan rings is 1. The minimum Gasteiger partial charge on any atom is -0.497 e. The molecule has 0 radical (unpaired) electrons. The maximum atomic E-state index is 13.4. The van der Waals surface area contributed by atoms with Gasteiger partial charge in [0.2, 0.25) is 11.8 Å². The SMILES string of the molecule is COc1ccc(-c2nn(-c3ccccc3)cc2/C=N/N=C2\SC(CC(=O)Nc3ccccc3)C(=O)N2Cc2ccco2)cc1. The van der Waals surface area contributed by atoms with Crippen molar-refractivity contribution in [1.29, 1.82) is 0 Å². The largest absolute Gasteiger partial charge is 0.497 e. The lowest BCUT2D eigenvalue weighted by atomic mass is 10.1. The molecule has 0 aliphatic carbocycles. The van der Waals surface area contributed by atoms with Gasteiger partial charge in [-0.05, 0) is 60.7 Å². The molecular formula is C33H28N6O4S. The summed E-state index contributed by atoms with van der Waals surface area (Å²) in [7, 11) is 1.62. The van der Waals surface area contributed by atoms with Crippen LogP contribution in [0.25, 0.3) is 16.9 Å². The van der Waals surface area contributed by atoms with Crippen LogP contribution < -0.4 is 10.1 Å². The molecule has 3 heterocycles. The summed E-state index contributed by atoms with van der Waals surface area (Å²) >= 11 is 1.20. The van der Waals surface area contributed by atoms with Gasteiger partial charge in [-0.2, -0.15) is 10.2 Å². The zero-order valence-electron chi connectivity index (χ0n) is 23.7. The molecule has 0 saturated carbocycles. The first kappa shape index (κ1) is 28.7. The summed E-state index contributed by atoms with van der Waals surface area (Å²) in [6.07, 6.45) is 5.03. The number of hydrogen-bond donors (Lipinski definition) is 1. The molecule has 6 rings (SSSR count). The maximum absolute atomic E-state index is 13.4. The van der Waals surface area contributed by atoms with E-state index < -0.39 is 5.25 Å². The first-order valence-corrected chi connectivity index (χ1v) is 14.7. The monoisotopic (exact) mass is 604 g/mol. The van der Waals surface area contributed by atoms with Gasteiger partial charge in [0.25, 0.3) is 0 Å². The molecule has 5 aromatic rings. The topological polar surface area (TPSA) is 114 Å². The van der Waals surface area contributed by atoms with Crippen molar-refractivity contribution >= 4 is 40.6 Å². The number of carbonyl (C=O) groups excluding carboxylic acids is 2. The van der Waals surface area contributed by atoms with Gasteiger partial charge in [0.1, 0.15) is 22.5 Å². The Hall–Kier alpha value is -5.42. The number of amidine groups is 1. The van der Waals surface area contributed by atoms with Gasteiger partial charge in [0.05, 0.1) is 31.8 Å². The number of carbonyl (C=O) groups is 2. The van der Waals surface area contributed by atoms with Gasteiger partial charge in [-0.25, -0.2) is 4.68 Å². The standard InChI is InChI=1S/C33H28N6O4S/c1-42-27-16-14-23(15-17-27)31-24(21-39(37-31)26-11-6-3-7-12-26)20-34-36-33-38(22-28-13-8-18-43-28)32(41)29(44-33)19-30(40)35-25-9-4-2-5-10-25/h2-18,20-21,29H,19,22H2,1H3,(H,35,40)/b34-20+,36-33-. The van der Waals surface area contributed by atoms with Gasteiger partial charge in [0.15, 0.2) is 5.17 Å². The summed E-state index contributed by atoms with van der Waals surface area (Å²) in [6.45, 7) is 0.174. The number of hydrogen-bond acceptors (Lipinski definition) is 8. The highest BCUT2D eigenvalue weighted by atomic mass is 32.2. The van der Waals surface area contributed by atoms with Crippen LogP contribution in [-0.4, -0.2) is 50.2 Å². The second-order valence-electron chi connectivity index (χ2n) is 9.80. The quantitative estimate of drug-likeness (QED) is 0.154. The Labute approximate surface area is 258 Å². The molecule has 1 unspecified atom stereocenters. The first-order chi connectivity index (χ1) is 21.6. The lowest BCUT2D eigenvalue weighted by Crippen LogP contribution is -2.33. The Morgan fingerprint density at radius 1 is 1.02 bits per heavy atom. The number of thioether (sulfide) groups is 1. The van der Waals surface area contributed by atoms with Gasteiger partial charge in [-0.15, -0.1) is 5.10 Å². The van der Waals surface area contributed by atoms with Crippen LogP contribution in [0.3, 0.4) is 0 Å². The van der Waals surface area contributed by atoms with E-state index in [1.165, 1.54) is 16.7 Å². The molecule has 1 aliphatic rings. The van der Waals surface area contributed by atoms with Crippen molar-refractivity contribution in [3.05, 3.63) is 121 Å². The molecule has 1 aliphatic heterocycles. The zero-order valence-corrected chi connectivity index (χ0v) is 24.6. The minimum absolute atomic E-state index is 0.0127. The average molecular weight is 605 g/mol. The van der Waals surface area contributed by atoms with E-state index in [0.717, 1.165) is 22.6 Å². The van der Waals surface area contributed by atoms with Gasteiger partial charge >= 0.3 is 0 Å². The number of amides is 2. The molecule has 11 heteroatoms. The predicted molar refractivity (Wildman–Crippen MR) is 171 cm³/mol. The van der Waals surface area contributed by atoms with Crippen molar-refractivity contribution in [3.8, 4) is 22.7 Å². The summed E-state index contributed by atoms with van der Waals surface area (Å²) in [4.78, 5) is 27.7. The molecule has 10 nitrogen and oxygen atoms in total. The Bertz CT molecular complexity index is 1790. The van der Waals surface area contributed by atoms with Crippen LogP contribution in [0, 0.1) is 0 Å². The minimum atomic E-state index is -0.654. The molecule has 1 saturated heterocycles. The van der Waals surface area contributed by atoms with Crippen LogP contribution >= 0.6 is 11.8 Å². The van der Waals surface area contributed by atoms with E-state index in [0.29, 0.717) is 22.3 Å². The van der Waals surface area contributed by atoms with Gasteiger partial charge in [-0.1, -0.05) is 48.2 Å². The first-order valence-electron chi connectivity index (χ1n) is 13.8. The molecule has 3 aromatic carbocycles. The number of anilines is 1. The number of aromatic nitrogens is 2. The van der Waals surface area contributed by atoms with E-state index in [4.69, 9.17) is 14.3 Å². The summed E-state index contributed by atoms with van der Waals surface area (Å²) < 4.78 is 12.6. The fourth-order valence-electron chi connectivity index (χ4n) is 4.63.